The Morgan fingerprint density at radius 2 is 2.00 bits per heavy atom. The fraction of sp³-hybridized carbons (Fsp3) is 0.333. The first-order valence-corrected chi connectivity index (χ1v) is 11.7. The van der Waals surface area contributed by atoms with Crippen LogP contribution < -0.4 is 25.4 Å². The fourth-order valence-corrected chi connectivity index (χ4v) is 3.79. The third-order valence-corrected chi connectivity index (χ3v) is 5.71. The molecule has 4 N–H and O–H groups in total. The van der Waals surface area contributed by atoms with E-state index in [0.29, 0.717) is 29.4 Å². The average Bonchev–Trinajstić information content (AvgIpc) is 2.83. The van der Waals surface area contributed by atoms with Crippen molar-refractivity contribution in [3.8, 4) is 11.5 Å². The van der Waals surface area contributed by atoms with E-state index in [1.54, 1.807) is 18.2 Å². The number of ether oxygens (including phenoxy) is 2. The Morgan fingerprint density at radius 1 is 1.20 bits per heavy atom. The number of benzene rings is 2. The van der Waals surface area contributed by atoms with Gasteiger partial charge in [0.05, 0.1) is 11.6 Å². The number of nitrogens with one attached hydrogen (secondary N) is 3. The molecular weight excluding hydrogens is 500 g/mol. The van der Waals surface area contributed by atoms with Gasteiger partial charge in [-0.2, -0.15) is 0 Å². The van der Waals surface area contributed by atoms with Gasteiger partial charge < -0.3 is 30.5 Å². The molecule has 2 atom stereocenters. The highest BCUT2D eigenvalue weighted by atomic mass is 35.5. The second-order valence-electron chi connectivity index (χ2n) is 7.81. The Balaban J connectivity index is 1.43. The molecule has 0 saturated heterocycles. The first kappa shape index (κ1) is 26.7. The maximum absolute atomic E-state index is 13.4. The number of halogens is 3. The first-order chi connectivity index (χ1) is 16.8. The molecule has 35 heavy (non-hydrogen) atoms. The minimum Gasteiger partial charge on any atom is -0.484 e. The van der Waals surface area contributed by atoms with Gasteiger partial charge >= 0.3 is 0 Å². The number of carbonyl (C=O) groups excluding carboxylic acids is 2. The molecule has 2 aromatic carbocycles. The zero-order valence-corrected chi connectivity index (χ0v) is 20.3. The molecule has 188 valence electrons. The van der Waals surface area contributed by atoms with Crippen LogP contribution in [0, 0.1) is 5.82 Å². The Morgan fingerprint density at radius 3 is 2.74 bits per heavy atom. The topological polar surface area (TPSA) is 109 Å². The van der Waals surface area contributed by atoms with Gasteiger partial charge in [0, 0.05) is 54.3 Å². The zero-order valence-electron chi connectivity index (χ0n) is 18.8. The number of rotatable bonds is 11. The maximum atomic E-state index is 13.4. The van der Waals surface area contributed by atoms with Gasteiger partial charge in [0.15, 0.2) is 12.7 Å². The van der Waals surface area contributed by atoms with Crippen LogP contribution in [-0.4, -0.2) is 49.3 Å². The van der Waals surface area contributed by atoms with E-state index >= 15 is 0 Å². The van der Waals surface area contributed by atoms with E-state index in [4.69, 9.17) is 37.8 Å². The number of fused-ring (bicyclic) bond motifs is 1. The van der Waals surface area contributed by atoms with Crippen LogP contribution >= 0.6 is 23.2 Å². The van der Waals surface area contributed by atoms with Crippen LogP contribution in [0.2, 0.25) is 10.0 Å². The van der Waals surface area contributed by atoms with Crippen molar-refractivity contribution in [2.24, 2.45) is 0 Å². The molecule has 2 unspecified atom stereocenters. The molecule has 0 radical (unpaired) electrons. The lowest BCUT2D eigenvalue weighted by Crippen LogP contribution is -2.44. The van der Waals surface area contributed by atoms with Crippen LogP contribution in [0.25, 0.3) is 0 Å². The summed E-state index contributed by atoms with van der Waals surface area (Å²) in [4.78, 5) is 24.7. The molecule has 1 aliphatic heterocycles. The van der Waals surface area contributed by atoms with Crippen molar-refractivity contribution in [2.45, 2.75) is 25.0 Å². The van der Waals surface area contributed by atoms with Crippen molar-refractivity contribution in [1.29, 1.82) is 0 Å². The van der Waals surface area contributed by atoms with E-state index in [-0.39, 0.29) is 48.9 Å². The molecule has 0 fully saturated rings. The molecule has 1 aliphatic rings. The molecule has 0 aromatic heterocycles. The van der Waals surface area contributed by atoms with E-state index in [9.17, 15) is 14.0 Å². The molecule has 3 rings (SSSR count). The molecular formula is C24H26Cl2FN3O5. The van der Waals surface area contributed by atoms with Crippen molar-refractivity contribution in [1.82, 2.24) is 16.0 Å². The average molecular weight is 526 g/mol. The Bertz CT molecular complexity index is 1090. The molecule has 8 nitrogen and oxygen atoms in total. The van der Waals surface area contributed by atoms with E-state index in [1.165, 1.54) is 12.1 Å². The van der Waals surface area contributed by atoms with Gasteiger partial charge in [-0.3, -0.25) is 9.59 Å². The first-order valence-electron chi connectivity index (χ1n) is 10.9. The third kappa shape index (κ3) is 7.83. The van der Waals surface area contributed by atoms with Gasteiger partial charge in [-0.05, 0) is 30.3 Å². The maximum Gasteiger partial charge on any atom is 0.262 e. The van der Waals surface area contributed by atoms with Crippen molar-refractivity contribution >= 4 is 35.0 Å². The minimum atomic E-state index is -0.740. The predicted molar refractivity (Wildman–Crippen MR) is 130 cm³/mol. The standard InChI is InChI=1S/C24H26Cl2FN3O5/c1-14(30-23(32)13-34-16-3-4-18(26)19(27)11-16)6-7-29-24(33)22-12-20(28-8-9-31)17-10-15(25)2-5-21(17)35-22/h2-5,10-11,20,22,28,31H,1,6-9,12-13H2,(H,29,33)(H,30,32). The Hall–Kier alpha value is -2.85. The predicted octanol–water partition coefficient (Wildman–Crippen LogP) is 3.12. The lowest BCUT2D eigenvalue weighted by Gasteiger charge is -2.32. The van der Waals surface area contributed by atoms with Gasteiger partial charge in [0.25, 0.3) is 11.8 Å². The van der Waals surface area contributed by atoms with Crippen LogP contribution in [0.1, 0.15) is 24.4 Å². The summed E-state index contributed by atoms with van der Waals surface area (Å²) in [6.45, 7) is 3.98. The van der Waals surface area contributed by atoms with Crippen molar-refractivity contribution in [2.75, 3.05) is 26.3 Å². The molecule has 1 heterocycles. The molecule has 0 aliphatic carbocycles. The minimum absolute atomic E-state index is 0.0404. The quantitative estimate of drug-likeness (QED) is 0.359. The van der Waals surface area contributed by atoms with Crippen molar-refractivity contribution in [3.05, 3.63) is 70.1 Å². The molecule has 11 heteroatoms. The summed E-state index contributed by atoms with van der Waals surface area (Å²) in [5.74, 6) is -0.708. The summed E-state index contributed by atoms with van der Waals surface area (Å²) in [6.07, 6.45) is -0.0895. The highest BCUT2D eigenvalue weighted by Gasteiger charge is 2.32. The summed E-state index contributed by atoms with van der Waals surface area (Å²) in [7, 11) is 0. The normalized spacial score (nSPS) is 16.6. The lowest BCUT2D eigenvalue weighted by atomic mass is 9.96. The van der Waals surface area contributed by atoms with Gasteiger partial charge in [0.1, 0.15) is 17.3 Å². The van der Waals surface area contributed by atoms with Crippen molar-refractivity contribution < 1.29 is 28.6 Å². The molecule has 2 amide bonds. The fourth-order valence-electron chi connectivity index (χ4n) is 3.50. The molecule has 0 spiro atoms. The van der Waals surface area contributed by atoms with E-state index in [2.05, 4.69) is 22.5 Å². The molecule has 0 saturated carbocycles. The largest absolute Gasteiger partial charge is 0.484 e. The molecule has 0 bridgehead atoms. The summed E-state index contributed by atoms with van der Waals surface area (Å²) in [5, 5.41) is 18.2. The SMILES string of the molecule is C=C(CCNC(=O)C1CC(NCCO)c2cc(Cl)ccc2O1)NC(=O)COc1ccc(Cl)c(F)c1. The number of hydrogen-bond acceptors (Lipinski definition) is 6. The van der Waals surface area contributed by atoms with E-state index in [1.807, 2.05) is 0 Å². The summed E-state index contributed by atoms with van der Waals surface area (Å²) >= 11 is 11.7. The highest BCUT2D eigenvalue weighted by molar-refractivity contribution is 6.31. The Labute approximate surface area is 212 Å². The number of carbonyl (C=O) groups is 2. The van der Waals surface area contributed by atoms with Crippen LogP contribution in [0.4, 0.5) is 4.39 Å². The number of aliphatic hydroxyl groups excluding tert-OH is 1. The summed E-state index contributed by atoms with van der Waals surface area (Å²) < 4.78 is 24.5. The van der Waals surface area contributed by atoms with Gasteiger partial charge in [-0.1, -0.05) is 29.8 Å². The summed E-state index contributed by atoms with van der Waals surface area (Å²) in [6, 6.07) is 8.84. The number of amides is 2. The van der Waals surface area contributed by atoms with Crippen LogP contribution in [0.3, 0.4) is 0 Å². The number of hydrogen-bond donors (Lipinski definition) is 4. The van der Waals surface area contributed by atoms with Crippen LogP contribution in [-0.2, 0) is 9.59 Å². The third-order valence-electron chi connectivity index (χ3n) is 5.16. The van der Waals surface area contributed by atoms with Gasteiger partial charge in [-0.25, -0.2) is 4.39 Å². The highest BCUT2D eigenvalue weighted by Crippen LogP contribution is 2.36. The van der Waals surface area contributed by atoms with E-state index < -0.39 is 17.8 Å². The lowest BCUT2D eigenvalue weighted by molar-refractivity contribution is -0.129. The van der Waals surface area contributed by atoms with Crippen LogP contribution in [0.5, 0.6) is 11.5 Å². The van der Waals surface area contributed by atoms with Crippen molar-refractivity contribution in [3.63, 3.8) is 0 Å². The monoisotopic (exact) mass is 525 g/mol. The second-order valence-corrected chi connectivity index (χ2v) is 8.66. The van der Waals surface area contributed by atoms with Gasteiger partial charge in [0.2, 0.25) is 0 Å². The Kier molecular flexibility index (Phi) is 9.73. The zero-order chi connectivity index (χ0) is 25.4. The number of aliphatic hydroxyl groups is 1. The smallest absolute Gasteiger partial charge is 0.262 e. The molecule has 2 aromatic rings. The van der Waals surface area contributed by atoms with E-state index in [0.717, 1.165) is 11.6 Å². The summed E-state index contributed by atoms with van der Waals surface area (Å²) in [5.41, 5.74) is 1.21. The van der Waals surface area contributed by atoms with Crippen LogP contribution in [0.15, 0.2) is 48.7 Å². The second kappa shape index (κ2) is 12.7. The van der Waals surface area contributed by atoms with Gasteiger partial charge in [-0.15, -0.1) is 0 Å².